The molecule has 3 N–H and O–H groups in total. The first-order valence-corrected chi connectivity index (χ1v) is 5.91. The lowest BCUT2D eigenvalue weighted by Gasteiger charge is -2.26. The molecular formula is C7H13NO4S. The van der Waals surface area contributed by atoms with Crippen LogP contribution >= 0.6 is 0 Å². The Morgan fingerprint density at radius 2 is 2.15 bits per heavy atom. The minimum Gasteiger partial charge on any atom is -0.481 e. The van der Waals surface area contributed by atoms with Crippen molar-refractivity contribution in [1.29, 1.82) is 0 Å². The lowest BCUT2D eigenvalue weighted by atomic mass is 9.91. The number of hydrogen-bond acceptors (Lipinski definition) is 4. The number of rotatable bonds is 2. The lowest BCUT2D eigenvalue weighted by Crippen LogP contribution is -2.40. The Balaban J connectivity index is 2.80. The van der Waals surface area contributed by atoms with E-state index in [1.54, 1.807) is 0 Å². The van der Waals surface area contributed by atoms with Crippen LogP contribution in [0.2, 0.25) is 0 Å². The molecule has 0 amide bonds. The summed E-state index contributed by atoms with van der Waals surface area (Å²) in [5, 5.41) is 8.75. The van der Waals surface area contributed by atoms with E-state index in [9.17, 15) is 13.2 Å². The fourth-order valence-corrected chi connectivity index (χ4v) is 3.37. The number of carboxylic acid groups (broad SMARTS) is 1. The lowest BCUT2D eigenvalue weighted by molar-refractivity contribution is -0.142. The second-order valence-corrected chi connectivity index (χ2v) is 5.57. The van der Waals surface area contributed by atoms with Crippen LogP contribution in [0.15, 0.2) is 0 Å². The van der Waals surface area contributed by atoms with E-state index in [2.05, 4.69) is 0 Å². The third-order valence-electron chi connectivity index (χ3n) is 2.42. The normalized spacial score (nSPS) is 32.7. The van der Waals surface area contributed by atoms with Gasteiger partial charge in [0, 0.05) is 0 Å². The Bertz CT molecular complexity index is 298. The highest BCUT2D eigenvalue weighted by molar-refractivity contribution is 7.91. The molecule has 0 aromatic rings. The maximum Gasteiger partial charge on any atom is 0.307 e. The van der Waals surface area contributed by atoms with Crippen LogP contribution < -0.4 is 5.73 Å². The Hall–Kier alpha value is -0.620. The highest BCUT2D eigenvalue weighted by Gasteiger charge is 2.36. The first-order valence-electron chi connectivity index (χ1n) is 4.09. The van der Waals surface area contributed by atoms with Crippen molar-refractivity contribution in [3.8, 4) is 0 Å². The van der Waals surface area contributed by atoms with E-state index >= 15 is 0 Å². The summed E-state index contributed by atoms with van der Waals surface area (Å²) in [7, 11) is -3.16. The number of hydrogen-bond donors (Lipinski definition) is 2. The summed E-state index contributed by atoms with van der Waals surface area (Å²) in [5.41, 5.74) is 5.36. The fraction of sp³-hybridized carbons (Fsp3) is 0.857. The van der Waals surface area contributed by atoms with Crippen LogP contribution in [0.5, 0.6) is 0 Å². The zero-order valence-corrected chi connectivity index (χ0v) is 7.96. The Kier molecular flexibility index (Phi) is 2.92. The molecule has 2 atom stereocenters. The number of carboxylic acids is 1. The van der Waals surface area contributed by atoms with Gasteiger partial charge in [-0.1, -0.05) is 0 Å². The molecule has 76 valence electrons. The van der Waals surface area contributed by atoms with Crippen LogP contribution in [0.4, 0.5) is 0 Å². The minimum atomic E-state index is -3.16. The second-order valence-electron chi connectivity index (χ2n) is 3.34. The molecule has 0 aromatic carbocycles. The molecule has 0 radical (unpaired) electrons. The predicted molar refractivity (Wildman–Crippen MR) is 46.9 cm³/mol. The van der Waals surface area contributed by atoms with E-state index in [1.165, 1.54) is 0 Å². The van der Waals surface area contributed by atoms with Crippen LogP contribution in [0.1, 0.15) is 6.42 Å². The zero-order chi connectivity index (χ0) is 10.1. The molecule has 1 rings (SSSR count). The molecule has 0 unspecified atom stereocenters. The van der Waals surface area contributed by atoms with E-state index in [4.69, 9.17) is 10.8 Å². The molecule has 1 aliphatic rings. The van der Waals surface area contributed by atoms with Crippen molar-refractivity contribution in [3.63, 3.8) is 0 Å². The smallest absolute Gasteiger partial charge is 0.307 e. The number of sulfone groups is 1. The van der Waals surface area contributed by atoms with Crippen molar-refractivity contribution in [2.75, 3.05) is 18.1 Å². The van der Waals surface area contributed by atoms with E-state index in [0.29, 0.717) is 6.42 Å². The molecule has 6 heteroatoms. The first-order chi connectivity index (χ1) is 5.96. The zero-order valence-electron chi connectivity index (χ0n) is 7.14. The second kappa shape index (κ2) is 3.63. The standard InChI is InChI=1S/C7H13NO4S/c8-3-5-1-2-13(11,12)4-6(5)7(9)10/h5-6H,1-4,8H2,(H,9,10)/t5-,6-/m1/s1. The molecule has 0 aromatic heterocycles. The molecule has 1 saturated heterocycles. The van der Waals surface area contributed by atoms with Gasteiger partial charge in [-0.15, -0.1) is 0 Å². The molecular weight excluding hydrogens is 194 g/mol. The number of carbonyl (C=O) groups is 1. The van der Waals surface area contributed by atoms with Gasteiger partial charge in [0.25, 0.3) is 0 Å². The van der Waals surface area contributed by atoms with Gasteiger partial charge >= 0.3 is 5.97 Å². The van der Waals surface area contributed by atoms with Crippen molar-refractivity contribution in [1.82, 2.24) is 0 Å². The summed E-state index contributed by atoms with van der Waals surface area (Å²) < 4.78 is 22.2. The van der Waals surface area contributed by atoms with Crippen LogP contribution in [0, 0.1) is 11.8 Å². The van der Waals surface area contributed by atoms with Gasteiger partial charge in [-0.05, 0) is 18.9 Å². The van der Waals surface area contributed by atoms with E-state index in [0.717, 1.165) is 0 Å². The van der Waals surface area contributed by atoms with Gasteiger partial charge in [-0.25, -0.2) is 8.42 Å². The Labute approximate surface area is 76.8 Å². The summed E-state index contributed by atoms with van der Waals surface area (Å²) >= 11 is 0. The van der Waals surface area contributed by atoms with Crippen molar-refractivity contribution in [3.05, 3.63) is 0 Å². The predicted octanol–water partition coefficient (Wildman–Crippen LogP) is -0.919. The van der Waals surface area contributed by atoms with Crippen LogP contribution in [0.25, 0.3) is 0 Å². The molecule has 5 nitrogen and oxygen atoms in total. The summed E-state index contributed by atoms with van der Waals surface area (Å²) in [6, 6.07) is 0. The molecule has 0 saturated carbocycles. The molecule has 1 fully saturated rings. The Morgan fingerprint density at radius 1 is 1.54 bits per heavy atom. The first kappa shape index (κ1) is 10.5. The van der Waals surface area contributed by atoms with Crippen molar-refractivity contribution >= 4 is 15.8 Å². The van der Waals surface area contributed by atoms with Crippen molar-refractivity contribution < 1.29 is 18.3 Å². The maximum atomic E-state index is 11.1. The summed E-state index contributed by atoms with van der Waals surface area (Å²) in [6.45, 7) is 0.243. The molecule has 1 heterocycles. The highest BCUT2D eigenvalue weighted by atomic mass is 32.2. The molecule has 1 aliphatic heterocycles. The minimum absolute atomic E-state index is 0.0681. The highest BCUT2D eigenvalue weighted by Crippen LogP contribution is 2.24. The van der Waals surface area contributed by atoms with Gasteiger partial charge in [0.1, 0.15) is 0 Å². The number of aliphatic carboxylic acids is 1. The largest absolute Gasteiger partial charge is 0.481 e. The molecule has 13 heavy (non-hydrogen) atoms. The van der Waals surface area contributed by atoms with E-state index < -0.39 is 21.7 Å². The summed E-state index contributed by atoms with van der Waals surface area (Å²) in [6.07, 6.45) is 0.371. The van der Waals surface area contributed by atoms with Gasteiger partial charge < -0.3 is 10.8 Å². The van der Waals surface area contributed by atoms with Gasteiger partial charge in [-0.2, -0.15) is 0 Å². The monoisotopic (exact) mass is 207 g/mol. The summed E-state index contributed by atoms with van der Waals surface area (Å²) in [5.74, 6) is -2.26. The van der Waals surface area contributed by atoms with Crippen LogP contribution in [-0.2, 0) is 14.6 Å². The SMILES string of the molecule is NC[C@H]1CCS(=O)(=O)C[C@H]1C(=O)O. The van der Waals surface area contributed by atoms with E-state index in [-0.39, 0.29) is 24.0 Å². The molecule has 0 bridgehead atoms. The Morgan fingerprint density at radius 3 is 2.62 bits per heavy atom. The quantitative estimate of drug-likeness (QED) is 0.610. The summed E-state index contributed by atoms with van der Waals surface area (Å²) in [4.78, 5) is 10.7. The van der Waals surface area contributed by atoms with Crippen LogP contribution in [-0.4, -0.2) is 37.5 Å². The van der Waals surface area contributed by atoms with Crippen molar-refractivity contribution in [2.24, 2.45) is 17.6 Å². The average molecular weight is 207 g/mol. The molecule has 0 aliphatic carbocycles. The average Bonchev–Trinajstić information content (AvgIpc) is 2.03. The third-order valence-corrected chi connectivity index (χ3v) is 4.15. The van der Waals surface area contributed by atoms with Gasteiger partial charge in [0.15, 0.2) is 9.84 Å². The van der Waals surface area contributed by atoms with Crippen molar-refractivity contribution in [2.45, 2.75) is 6.42 Å². The van der Waals surface area contributed by atoms with Gasteiger partial charge in [0.2, 0.25) is 0 Å². The van der Waals surface area contributed by atoms with Crippen LogP contribution in [0.3, 0.4) is 0 Å². The molecule has 0 spiro atoms. The fourth-order valence-electron chi connectivity index (χ4n) is 1.58. The van der Waals surface area contributed by atoms with Gasteiger partial charge in [-0.3, -0.25) is 4.79 Å². The van der Waals surface area contributed by atoms with E-state index in [1.807, 2.05) is 0 Å². The third kappa shape index (κ3) is 2.41. The van der Waals surface area contributed by atoms with Gasteiger partial charge in [0.05, 0.1) is 17.4 Å². The topological polar surface area (TPSA) is 97.5 Å². The number of nitrogens with two attached hydrogens (primary N) is 1. The maximum absolute atomic E-state index is 11.1.